The lowest BCUT2D eigenvalue weighted by Crippen LogP contribution is -2.28. The molecule has 0 radical (unpaired) electrons. The predicted octanol–water partition coefficient (Wildman–Crippen LogP) is 0.605. The van der Waals surface area contributed by atoms with Gasteiger partial charge in [0.2, 0.25) is 0 Å². The van der Waals surface area contributed by atoms with Gasteiger partial charge in [-0.25, -0.2) is 0 Å². The molecule has 0 rings (SSSR count). The van der Waals surface area contributed by atoms with Crippen LogP contribution in [0.25, 0.3) is 0 Å². The molecule has 0 spiro atoms. The lowest BCUT2D eigenvalue weighted by Gasteiger charge is -1.85. The van der Waals surface area contributed by atoms with E-state index in [0.29, 0.717) is 13.1 Å². The highest BCUT2D eigenvalue weighted by Gasteiger charge is 1.68. The van der Waals surface area contributed by atoms with E-state index in [9.17, 15) is 0 Å². The summed E-state index contributed by atoms with van der Waals surface area (Å²) in [4.78, 5) is 0. The number of nitrogens with one attached hydrogen (secondary N) is 1. The number of rotatable bonds is 4. The zero-order chi connectivity index (χ0) is 8.24. The van der Waals surface area contributed by atoms with Crippen LogP contribution >= 0.6 is 0 Å². The minimum Gasteiger partial charge on any atom is -0.329 e. The van der Waals surface area contributed by atoms with Gasteiger partial charge in [0.15, 0.2) is 0 Å². The van der Waals surface area contributed by atoms with Gasteiger partial charge >= 0.3 is 0 Å². The highest BCUT2D eigenvalue weighted by molar-refractivity contribution is 4.31. The van der Waals surface area contributed by atoms with E-state index in [1.54, 1.807) is 0 Å². The van der Waals surface area contributed by atoms with Crippen LogP contribution in [0.15, 0.2) is 0 Å². The Kier molecular flexibility index (Phi) is 20.0. The number of nitrogens with two attached hydrogens (primary N) is 2. The first-order chi connectivity index (χ1) is 4.83. The molecule has 0 aromatic rings. The Labute approximate surface area is 64.1 Å². The Hall–Kier alpha value is -0.120. The van der Waals surface area contributed by atoms with Crippen LogP contribution in [0, 0.1) is 0 Å². The number of hydrazine groups is 1. The van der Waals surface area contributed by atoms with Crippen molar-refractivity contribution >= 4 is 0 Å². The molecule has 0 aromatic carbocycles. The number of unbranched alkanes of at least 4 members (excludes halogenated alkanes) is 2. The molecule has 0 saturated heterocycles. The fourth-order valence-corrected chi connectivity index (χ4v) is 0.437. The highest BCUT2D eigenvalue weighted by Crippen LogP contribution is 1.88. The second kappa shape index (κ2) is 15.9. The molecular weight excluding hydrogens is 126 g/mol. The summed E-state index contributed by atoms with van der Waals surface area (Å²) in [6.45, 7) is 5.73. The first-order valence-corrected chi connectivity index (χ1v) is 3.96. The second-order valence-electron chi connectivity index (χ2n) is 2.10. The van der Waals surface area contributed by atoms with E-state index in [1.165, 1.54) is 19.3 Å². The van der Waals surface area contributed by atoms with Gasteiger partial charge in [-0.2, -0.15) is 0 Å². The van der Waals surface area contributed by atoms with E-state index in [-0.39, 0.29) is 0 Å². The number of hydrogen-bond donors (Lipinski definition) is 3. The molecular formula is C7H21N3. The lowest BCUT2D eigenvalue weighted by atomic mass is 10.3. The molecule has 0 aliphatic heterocycles. The summed E-state index contributed by atoms with van der Waals surface area (Å²) in [6, 6.07) is 0. The average molecular weight is 147 g/mol. The smallest absolute Gasteiger partial charge is 0.0220 e. The van der Waals surface area contributed by atoms with E-state index in [4.69, 9.17) is 11.6 Å². The van der Waals surface area contributed by atoms with Crippen LogP contribution in [0.1, 0.15) is 33.1 Å². The predicted molar refractivity (Wildman–Crippen MR) is 46.4 cm³/mol. The monoisotopic (exact) mass is 147 g/mol. The standard InChI is InChI=1S/C5H12.C2H9N3/c1-3-5-4-2;3-1-2-5-4/h3-5H2,1-2H3;5H,1-4H2. The van der Waals surface area contributed by atoms with Crippen LogP contribution in [0.4, 0.5) is 0 Å². The molecule has 10 heavy (non-hydrogen) atoms. The van der Waals surface area contributed by atoms with Crippen molar-refractivity contribution in [2.75, 3.05) is 13.1 Å². The van der Waals surface area contributed by atoms with Crippen molar-refractivity contribution in [2.24, 2.45) is 11.6 Å². The summed E-state index contributed by atoms with van der Waals surface area (Å²) < 4.78 is 0. The maximum Gasteiger partial charge on any atom is 0.0220 e. The van der Waals surface area contributed by atoms with E-state index in [1.807, 2.05) is 0 Å². The molecule has 0 aliphatic carbocycles. The molecule has 0 saturated carbocycles. The maximum atomic E-state index is 5.00. The molecule has 0 amide bonds. The van der Waals surface area contributed by atoms with Crippen LogP contribution < -0.4 is 17.0 Å². The minimum atomic E-state index is 0.608. The first-order valence-electron chi connectivity index (χ1n) is 3.96. The van der Waals surface area contributed by atoms with Crippen molar-refractivity contribution < 1.29 is 0 Å². The summed E-state index contributed by atoms with van der Waals surface area (Å²) in [6.07, 6.45) is 4.08. The third-order valence-electron chi connectivity index (χ3n) is 0.996. The van der Waals surface area contributed by atoms with Gasteiger partial charge in [-0.3, -0.25) is 11.3 Å². The third kappa shape index (κ3) is 24.8. The molecule has 64 valence electrons. The van der Waals surface area contributed by atoms with E-state index < -0.39 is 0 Å². The van der Waals surface area contributed by atoms with Gasteiger partial charge in [0.25, 0.3) is 0 Å². The van der Waals surface area contributed by atoms with Gasteiger partial charge < -0.3 is 5.73 Å². The normalized spacial score (nSPS) is 8.40. The summed E-state index contributed by atoms with van der Waals surface area (Å²) in [5.41, 5.74) is 7.39. The topological polar surface area (TPSA) is 64.1 Å². The minimum absolute atomic E-state index is 0.608. The maximum absolute atomic E-state index is 5.00. The summed E-state index contributed by atoms with van der Waals surface area (Å²) in [7, 11) is 0. The molecule has 3 nitrogen and oxygen atoms in total. The summed E-state index contributed by atoms with van der Waals surface area (Å²) in [5.74, 6) is 4.81. The van der Waals surface area contributed by atoms with E-state index >= 15 is 0 Å². The number of hydrogen-bond acceptors (Lipinski definition) is 3. The quantitative estimate of drug-likeness (QED) is 0.403. The fourth-order valence-electron chi connectivity index (χ4n) is 0.437. The summed E-state index contributed by atoms with van der Waals surface area (Å²) in [5, 5.41) is 0. The van der Waals surface area contributed by atoms with Crippen LogP contribution in [0.2, 0.25) is 0 Å². The van der Waals surface area contributed by atoms with Gasteiger partial charge in [-0.05, 0) is 0 Å². The molecule has 0 fully saturated rings. The summed E-state index contributed by atoms with van der Waals surface area (Å²) >= 11 is 0. The zero-order valence-electron chi connectivity index (χ0n) is 7.19. The van der Waals surface area contributed by atoms with Crippen molar-refractivity contribution in [3.05, 3.63) is 0 Å². The van der Waals surface area contributed by atoms with Crippen LogP contribution in [0.3, 0.4) is 0 Å². The van der Waals surface area contributed by atoms with Crippen molar-refractivity contribution in [2.45, 2.75) is 33.1 Å². The van der Waals surface area contributed by atoms with E-state index in [2.05, 4.69) is 19.3 Å². The lowest BCUT2D eigenvalue weighted by molar-refractivity contribution is 0.738. The van der Waals surface area contributed by atoms with Gasteiger partial charge in [-0.15, -0.1) is 0 Å². The van der Waals surface area contributed by atoms with Crippen LogP contribution in [-0.2, 0) is 0 Å². The van der Waals surface area contributed by atoms with Gasteiger partial charge in [-0.1, -0.05) is 33.1 Å². The Morgan fingerprint density at radius 1 is 1.20 bits per heavy atom. The van der Waals surface area contributed by atoms with Crippen molar-refractivity contribution in [1.29, 1.82) is 0 Å². The Morgan fingerprint density at radius 2 is 1.70 bits per heavy atom. The van der Waals surface area contributed by atoms with Gasteiger partial charge in [0.05, 0.1) is 0 Å². The Morgan fingerprint density at radius 3 is 1.70 bits per heavy atom. The van der Waals surface area contributed by atoms with E-state index in [0.717, 1.165) is 0 Å². The largest absolute Gasteiger partial charge is 0.329 e. The molecule has 0 unspecified atom stereocenters. The first kappa shape index (κ1) is 12.5. The average Bonchev–Trinajstić information content (AvgIpc) is 1.93. The zero-order valence-corrected chi connectivity index (χ0v) is 7.19. The highest BCUT2D eigenvalue weighted by atomic mass is 15.2. The van der Waals surface area contributed by atoms with Crippen molar-refractivity contribution in [3.8, 4) is 0 Å². The Bertz CT molecular complexity index is 29.8. The Balaban J connectivity index is 0. The van der Waals surface area contributed by atoms with Crippen LogP contribution in [0.5, 0.6) is 0 Å². The second-order valence-corrected chi connectivity index (χ2v) is 2.10. The molecule has 5 N–H and O–H groups in total. The van der Waals surface area contributed by atoms with Gasteiger partial charge in [0.1, 0.15) is 0 Å². The van der Waals surface area contributed by atoms with Crippen LogP contribution in [-0.4, -0.2) is 13.1 Å². The van der Waals surface area contributed by atoms with Gasteiger partial charge in [0, 0.05) is 13.1 Å². The molecule has 0 atom stereocenters. The van der Waals surface area contributed by atoms with Crippen molar-refractivity contribution in [3.63, 3.8) is 0 Å². The third-order valence-corrected chi connectivity index (χ3v) is 0.996. The molecule has 0 heterocycles. The molecule has 0 aromatic heterocycles. The fraction of sp³-hybridized carbons (Fsp3) is 1.00. The SMILES string of the molecule is CCCCC.NCCNN. The van der Waals surface area contributed by atoms with Crippen molar-refractivity contribution in [1.82, 2.24) is 5.43 Å². The molecule has 0 bridgehead atoms. The molecule has 3 heteroatoms. The molecule has 0 aliphatic rings.